The molecular weight excluding hydrogens is 206 g/mol. The number of hydrogen-bond donors (Lipinski definition) is 1. The van der Waals surface area contributed by atoms with Gasteiger partial charge in [0.2, 0.25) is 0 Å². The van der Waals surface area contributed by atoms with Crippen molar-refractivity contribution >= 4 is 11.8 Å². The molecule has 0 bridgehead atoms. The number of aromatic nitrogens is 2. The standard InChI is InChI=1S/C11H15N3O2/c1-7(8-3-4-8)14(2)10-9(11(15)16)12-5-6-13-10/h5-8H,3-4H2,1-2H3,(H,15,16). The maximum Gasteiger partial charge on any atom is 0.358 e. The van der Waals surface area contributed by atoms with Crippen LogP contribution in [0.4, 0.5) is 5.82 Å². The van der Waals surface area contributed by atoms with Gasteiger partial charge in [-0.3, -0.25) is 0 Å². The van der Waals surface area contributed by atoms with E-state index in [4.69, 9.17) is 5.11 Å². The van der Waals surface area contributed by atoms with Gasteiger partial charge in [-0.1, -0.05) is 0 Å². The molecule has 5 nitrogen and oxygen atoms in total. The first-order chi connectivity index (χ1) is 7.61. The second-order valence-electron chi connectivity index (χ2n) is 4.22. The molecule has 0 amide bonds. The summed E-state index contributed by atoms with van der Waals surface area (Å²) in [6.07, 6.45) is 5.36. The highest BCUT2D eigenvalue weighted by Gasteiger charge is 2.32. The van der Waals surface area contributed by atoms with E-state index in [0.29, 0.717) is 17.8 Å². The molecule has 1 unspecified atom stereocenters. The minimum absolute atomic E-state index is 0.0255. The lowest BCUT2D eigenvalue weighted by atomic mass is 10.2. The Morgan fingerprint density at radius 2 is 2.12 bits per heavy atom. The first-order valence-corrected chi connectivity index (χ1v) is 5.38. The van der Waals surface area contributed by atoms with Crippen molar-refractivity contribution in [3.63, 3.8) is 0 Å². The van der Waals surface area contributed by atoms with Crippen LogP contribution in [0.15, 0.2) is 12.4 Å². The zero-order valence-electron chi connectivity index (χ0n) is 9.42. The second-order valence-corrected chi connectivity index (χ2v) is 4.22. The minimum atomic E-state index is -1.03. The molecule has 2 rings (SSSR count). The van der Waals surface area contributed by atoms with Gasteiger partial charge in [0.1, 0.15) is 0 Å². The summed E-state index contributed by atoms with van der Waals surface area (Å²) in [4.78, 5) is 20.9. The third-order valence-corrected chi connectivity index (χ3v) is 3.13. The van der Waals surface area contributed by atoms with Gasteiger partial charge in [-0.15, -0.1) is 0 Å². The molecule has 0 saturated heterocycles. The predicted molar refractivity (Wildman–Crippen MR) is 59.6 cm³/mol. The molecule has 1 aliphatic carbocycles. The molecule has 0 aromatic carbocycles. The number of carbonyl (C=O) groups is 1. The van der Waals surface area contributed by atoms with Crippen molar-refractivity contribution in [1.29, 1.82) is 0 Å². The lowest BCUT2D eigenvalue weighted by Gasteiger charge is -2.26. The van der Waals surface area contributed by atoms with Crippen LogP contribution in [0.3, 0.4) is 0 Å². The van der Waals surface area contributed by atoms with Crippen molar-refractivity contribution in [2.24, 2.45) is 5.92 Å². The van der Waals surface area contributed by atoms with Crippen molar-refractivity contribution in [2.45, 2.75) is 25.8 Å². The van der Waals surface area contributed by atoms with Crippen LogP contribution in [0.1, 0.15) is 30.3 Å². The summed E-state index contributed by atoms with van der Waals surface area (Å²) in [5.41, 5.74) is 0.0255. The number of anilines is 1. The molecule has 1 N–H and O–H groups in total. The van der Waals surface area contributed by atoms with Gasteiger partial charge in [0, 0.05) is 25.5 Å². The Balaban J connectivity index is 2.27. The third-order valence-electron chi connectivity index (χ3n) is 3.13. The number of carboxylic acids is 1. The van der Waals surface area contributed by atoms with E-state index in [1.165, 1.54) is 25.2 Å². The van der Waals surface area contributed by atoms with E-state index in [9.17, 15) is 4.79 Å². The fraction of sp³-hybridized carbons (Fsp3) is 0.545. The zero-order chi connectivity index (χ0) is 11.7. The van der Waals surface area contributed by atoms with Crippen LogP contribution in [-0.2, 0) is 0 Å². The number of nitrogens with zero attached hydrogens (tertiary/aromatic N) is 3. The summed E-state index contributed by atoms with van der Waals surface area (Å²) in [7, 11) is 1.87. The van der Waals surface area contributed by atoms with E-state index < -0.39 is 5.97 Å². The Kier molecular flexibility index (Phi) is 2.77. The first-order valence-electron chi connectivity index (χ1n) is 5.38. The van der Waals surface area contributed by atoms with Gasteiger partial charge in [0.15, 0.2) is 11.5 Å². The highest BCUT2D eigenvalue weighted by atomic mass is 16.4. The van der Waals surface area contributed by atoms with Crippen molar-refractivity contribution in [3.8, 4) is 0 Å². The lowest BCUT2D eigenvalue weighted by molar-refractivity contribution is 0.0690. The van der Waals surface area contributed by atoms with Gasteiger partial charge in [0.25, 0.3) is 0 Å². The average Bonchev–Trinajstić information content (AvgIpc) is 3.11. The fourth-order valence-electron chi connectivity index (χ4n) is 1.83. The van der Waals surface area contributed by atoms with E-state index in [0.717, 1.165) is 0 Å². The van der Waals surface area contributed by atoms with E-state index in [1.807, 2.05) is 11.9 Å². The van der Waals surface area contributed by atoms with Crippen LogP contribution in [0, 0.1) is 5.92 Å². The van der Waals surface area contributed by atoms with Gasteiger partial charge < -0.3 is 10.0 Å². The second kappa shape index (κ2) is 4.08. The highest BCUT2D eigenvalue weighted by Crippen LogP contribution is 2.36. The zero-order valence-corrected chi connectivity index (χ0v) is 9.42. The Bertz CT molecular complexity index is 404. The molecule has 1 aliphatic rings. The van der Waals surface area contributed by atoms with E-state index in [2.05, 4.69) is 16.9 Å². The fourth-order valence-corrected chi connectivity index (χ4v) is 1.83. The van der Waals surface area contributed by atoms with Crippen LogP contribution >= 0.6 is 0 Å². The van der Waals surface area contributed by atoms with Crippen LogP contribution in [0.2, 0.25) is 0 Å². The first kappa shape index (κ1) is 10.9. The van der Waals surface area contributed by atoms with Crippen LogP contribution < -0.4 is 4.90 Å². The molecule has 16 heavy (non-hydrogen) atoms. The van der Waals surface area contributed by atoms with E-state index in [-0.39, 0.29) is 5.69 Å². The molecule has 1 fully saturated rings. The molecule has 5 heteroatoms. The van der Waals surface area contributed by atoms with Crippen LogP contribution in [-0.4, -0.2) is 34.1 Å². The molecule has 1 aromatic heterocycles. The largest absolute Gasteiger partial charge is 0.476 e. The molecule has 0 spiro atoms. The molecule has 1 aromatic rings. The third kappa shape index (κ3) is 1.98. The predicted octanol–water partition coefficient (Wildman–Crippen LogP) is 1.41. The van der Waals surface area contributed by atoms with Gasteiger partial charge >= 0.3 is 5.97 Å². The maximum atomic E-state index is 11.0. The highest BCUT2D eigenvalue weighted by molar-refractivity contribution is 5.90. The topological polar surface area (TPSA) is 66.3 Å². The molecule has 0 aliphatic heterocycles. The summed E-state index contributed by atoms with van der Waals surface area (Å²) in [5, 5.41) is 9.02. The number of hydrogen-bond acceptors (Lipinski definition) is 4. The molecule has 1 heterocycles. The Morgan fingerprint density at radius 3 is 2.69 bits per heavy atom. The summed E-state index contributed by atoms with van der Waals surface area (Å²) in [6.45, 7) is 2.10. The molecular formula is C11H15N3O2. The van der Waals surface area contributed by atoms with Crippen LogP contribution in [0.5, 0.6) is 0 Å². The lowest BCUT2D eigenvalue weighted by Crippen LogP contribution is -2.33. The molecule has 0 radical (unpaired) electrons. The number of aromatic carboxylic acids is 1. The van der Waals surface area contributed by atoms with Crippen molar-refractivity contribution in [3.05, 3.63) is 18.1 Å². The SMILES string of the molecule is CC(C1CC1)N(C)c1nccnc1C(=O)O. The van der Waals surface area contributed by atoms with Gasteiger partial charge in [-0.25, -0.2) is 14.8 Å². The summed E-state index contributed by atoms with van der Waals surface area (Å²) < 4.78 is 0. The van der Waals surface area contributed by atoms with Gasteiger partial charge in [-0.2, -0.15) is 0 Å². The molecule has 86 valence electrons. The number of carboxylic acid groups (broad SMARTS) is 1. The normalized spacial score (nSPS) is 16.9. The van der Waals surface area contributed by atoms with Crippen molar-refractivity contribution in [2.75, 3.05) is 11.9 Å². The van der Waals surface area contributed by atoms with E-state index >= 15 is 0 Å². The van der Waals surface area contributed by atoms with E-state index in [1.54, 1.807) is 0 Å². The molecule has 1 saturated carbocycles. The molecule has 1 atom stereocenters. The van der Waals surface area contributed by atoms with Crippen molar-refractivity contribution < 1.29 is 9.90 Å². The monoisotopic (exact) mass is 221 g/mol. The summed E-state index contributed by atoms with van der Waals surface area (Å²) in [5.74, 6) is 0.0843. The maximum absolute atomic E-state index is 11.0. The minimum Gasteiger partial charge on any atom is -0.476 e. The summed E-state index contributed by atoms with van der Waals surface area (Å²) >= 11 is 0. The van der Waals surface area contributed by atoms with Gasteiger partial charge in [0.05, 0.1) is 0 Å². The summed E-state index contributed by atoms with van der Waals surface area (Å²) in [6, 6.07) is 0.315. The quantitative estimate of drug-likeness (QED) is 0.832. The van der Waals surface area contributed by atoms with Crippen molar-refractivity contribution in [1.82, 2.24) is 9.97 Å². The van der Waals surface area contributed by atoms with Gasteiger partial charge in [-0.05, 0) is 25.7 Å². The Hall–Kier alpha value is -1.65. The Labute approximate surface area is 94.1 Å². The Morgan fingerprint density at radius 1 is 1.50 bits per heavy atom. The van der Waals surface area contributed by atoms with Crippen LogP contribution in [0.25, 0.3) is 0 Å². The number of rotatable bonds is 4. The average molecular weight is 221 g/mol. The smallest absolute Gasteiger partial charge is 0.358 e.